The van der Waals surface area contributed by atoms with Gasteiger partial charge in [-0.1, -0.05) is 54.4 Å². The van der Waals surface area contributed by atoms with Gasteiger partial charge >= 0.3 is 0 Å². The average molecular weight is 586 g/mol. The molecule has 8 nitrogen and oxygen atoms in total. The lowest BCUT2D eigenvalue weighted by atomic mass is 10.1. The van der Waals surface area contributed by atoms with E-state index in [0.717, 1.165) is 21.9 Å². The Labute approximate surface area is 241 Å². The first-order valence-electron chi connectivity index (χ1n) is 13.0. The maximum absolute atomic E-state index is 13.9. The number of hydrogen-bond acceptors (Lipinski definition) is 5. The predicted octanol–water partition coefficient (Wildman–Crippen LogP) is 5.18. The molecule has 0 saturated carbocycles. The van der Waals surface area contributed by atoms with Gasteiger partial charge in [0, 0.05) is 17.6 Å². The van der Waals surface area contributed by atoms with E-state index in [4.69, 9.17) is 16.3 Å². The van der Waals surface area contributed by atoms with E-state index in [1.54, 1.807) is 25.1 Å². The number of nitrogens with zero attached hydrogens (tertiary/aromatic N) is 2. The molecule has 0 spiro atoms. The molecule has 0 aromatic heterocycles. The van der Waals surface area contributed by atoms with E-state index in [0.29, 0.717) is 10.8 Å². The minimum atomic E-state index is -4.20. The van der Waals surface area contributed by atoms with Crippen LogP contribution >= 0.6 is 11.6 Å². The number of hydrogen-bond donors (Lipinski definition) is 1. The summed E-state index contributed by atoms with van der Waals surface area (Å²) < 4.78 is 33.9. The standard InChI is InChI=1S/C30H36ClN3O5S/c1-6-22(3)32-30(36)23(4)33(19-24-12-10-21(2)11-13-24)29(35)20-34(26-9-7-8-25(31)18-26)40(37,38)28-16-14-27(39-5)15-17-28/h7-18,22-23H,6,19-20H2,1-5H3,(H,32,36)/t22-,23-/m0/s1. The number of sulfonamides is 1. The highest BCUT2D eigenvalue weighted by Gasteiger charge is 2.33. The minimum absolute atomic E-state index is 0.0197. The zero-order valence-corrected chi connectivity index (χ0v) is 25.0. The molecule has 0 bridgehead atoms. The van der Waals surface area contributed by atoms with Crippen LogP contribution in [0.5, 0.6) is 5.75 Å². The fourth-order valence-electron chi connectivity index (χ4n) is 3.97. The number of halogens is 1. The van der Waals surface area contributed by atoms with Crippen LogP contribution < -0.4 is 14.4 Å². The van der Waals surface area contributed by atoms with Gasteiger partial charge in [0.2, 0.25) is 11.8 Å². The first-order valence-corrected chi connectivity index (χ1v) is 14.9. The van der Waals surface area contributed by atoms with E-state index in [1.165, 1.54) is 42.3 Å². The highest BCUT2D eigenvalue weighted by molar-refractivity contribution is 7.92. The summed E-state index contributed by atoms with van der Waals surface area (Å²) in [6.45, 7) is 7.03. The van der Waals surface area contributed by atoms with Crippen LogP contribution in [-0.2, 0) is 26.2 Å². The van der Waals surface area contributed by atoms with Gasteiger partial charge in [-0.25, -0.2) is 8.42 Å². The lowest BCUT2D eigenvalue weighted by Crippen LogP contribution is -2.52. The molecule has 3 rings (SSSR count). The number of benzene rings is 3. The first-order chi connectivity index (χ1) is 19.0. The van der Waals surface area contributed by atoms with Gasteiger partial charge in [0.05, 0.1) is 17.7 Å². The summed E-state index contributed by atoms with van der Waals surface area (Å²) in [6, 6.07) is 18.9. The molecule has 2 amide bonds. The van der Waals surface area contributed by atoms with Crippen molar-refractivity contribution in [3.05, 3.63) is 88.9 Å². The van der Waals surface area contributed by atoms with E-state index in [-0.39, 0.29) is 29.1 Å². The van der Waals surface area contributed by atoms with Crippen molar-refractivity contribution < 1.29 is 22.7 Å². The zero-order valence-electron chi connectivity index (χ0n) is 23.4. The molecule has 40 heavy (non-hydrogen) atoms. The van der Waals surface area contributed by atoms with E-state index in [2.05, 4.69) is 5.32 Å². The van der Waals surface area contributed by atoms with Gasteiger partial charge in [-0.15, -0.1) is 0 Å². The van der Waals surface area contributed by atoms with Crippen LogP contribution in [0, 0.1) is 6.92 Å². The van der Waals surface area contributed by atoms with Crippen LogP contribution in [-0.4, -0.2) is 50.9 Å². The molecule has 2 atom stereocenters. The maximum Gasteiger partial charge on any atom is 0.264 e. The zero-order chi connectivity index (χ0) is 29.4. The second-order valence-corrected chi connectivity index (χ2v) is 12.0. The number of rotatable bonds is 12. The Balaban J connectivity index is 2.02. The van der Waals surface area contributed by atoms with Crippen LogP contribution in [0.15, 0.2) is 77.7 Å². The van der Waals surface area contributed by atoms with Gasteiger partial charge in [0.25, 0.3) is 10.0 Å². The SMILES string of the molecule is CC[C@H](C)NC(=O)[C@H](C)N(Cc1ccc(C)cc1)C(=O)CN(c1cccc(Cl)c1)S(=O)(=O)c1ccc(OC)cc1. The van der Waals surface area contributed by atoms with Crippen molar-refractivity contribution in [1.82, 2.24) is 10.2 Å². The highest BCUT2D eigenvalue weighted by Crippen LogP contribution is 2.28. The van der Waals surface area contributed by atoms with Crippen molar-refractivity contribution in [1.29, 1.82) is 0 Å². The second-order valence-electron chi connectivity index (χ2n) is 9.67. The first kappa shape index (κ1) is 31.0. The van der Waals surface area contributed by atoms with Crippen molar-refractivity contribution in [2.75, 3.05) is 18.0 Å². The Hall–Kier alpha value is -3.56. The molecule has 0 fully saturated rings. The summed E-state index contributed by atoms with van der Waals surface area (Å²) in [5.74, 6) is -0.360. The van der Waals surface area contributed by atoms with Crippen LogP contribution in [0.1, 0.15) is 38.3 Å². The fourth-order valence-corrected chi connectivity index (χ4v) is 5.56. The van der Waals surface area contributed by atoms with Crippen molar-refractivity contribution in [3.63, 3.8) is 0 Å². The van der Waals surface area contributed by atoms with E-state index in [9.17, 15) is 18.0 Å². The molecule has 0 aliphatic carbocycles. The summed E-state index contributed by atoms with van der Waals surface area (Å²) in [6.07, 6.45) is 0.729. The van der Waals surface area contributed by atoms with Crippen LogP contribution in [0.25, 0.3) is 0 Å². The molecule has 3 aromatic rings. The van der Waals surface area contributed by atoms with Crippen LogP contribution in [0.2, 0.25) is 5.02 Å². The third-order valence-corrected chi connectivity index (χ3v) is 8.69. The molecule has 0 aliphatic heterocycles. The summed E-state index contributed by atoms with van der Waals surface area (Å²) in [5.41, 5.74) is 2.10. The normalized spacial score (nSPS) is 12.8. The van der Waals surface area contributed by atoms with Gasteiger partial charge in [-0.2, -0.15) is 0 Å². The van der Waals surface area contributed by atoms with Crippen LogP contribution in [0.3, 0.4) is 0 Å². The van der Waals surface area contributed by atoms with Crippen molar-refractivity contribution in [2.24, 2.45) is 0 Å². The Morgan fingerprint density at radius 1 is 1.00 bits per heavy atom. The number of nitrogens with one attached hydrogen (secondary N) is 1. The Morgan fingerprint density at radius 3 is 2.23 bits per heavy atom. The van der Waals surface area contributed by atoms with Gasteiger partial charge in [-0.3, -0.25) is 13.9 Å². The molecular weight excluding hydrogens is 550 g/mol. The predicted molar refractivity (Wildman–Crippen MR) is 158 cm³/mol. The average Bonchev–Trinajstić information content (AvgIpc) is 2.94. The van der Waals surface area contributed by atoms with E-state index >= 15 is 0 Å². The number of ether oxygens (including phenoxy) is 1. The van der Waals surface area contributed by atoms with Crippen molar-refractivity contribution in [3.8, 4) is 5.75 Å². The number of anilines is 1. The van der Waals surface area contributed by atoms with Crippen LogP contribution in [0.4, 0.5) is 5.69 Å². The van der Waals surface area contributed by atoms with Gasteiger partial charge in [-0.05, 0) is 75.2 Å². The molecule has 0 aliphatic rings. The molecular formula is C30H36ClN3O5S. The molecule has 10 heteroatoms. The number of carbonyl (C=O) groups is 2. The Kier molecular flexibility index (Phi) is 10.6. The monoisotopic (exact) mass is 585 g/mol. The summed E-state index contributed by atoms with van der Waals surface area (Å²) in [7, 11) is -2.71. The van der Waals surface area contributed by atoms with Gasteiger partial charge in [0.1, 0.15) is 18.3 Å². The highest BCUT2D eigenvalue weighted by atomic mass is 35.5. The third kappa shape index (κ3) is 7.76. The number of methoxy groups -OCH3 is 1. The lowest BCUT2D eigenvalue weighted by molar-refractivity contribution is -0.139. The summed E-state index contributed by atoms with van der Waals surface area (Å²) >= 11 is 6.21. The molecule has 214 valence electrons. The summed E-state index contributed by atoms with van der Waals surface area (Å²) in [4.78, 5) is 28.5. The molecule has 0 radical (unpaired) electrons. The number of aryl methyl sites for hydroxylation is 1. The Morgan fingerprint density at radius 2 is 1.65 bits per heavy atom. The summed E-state index contributed by atoms with van der Waals surface area (Å²) in [5, 5.41) is 3.24. The Bertz CT molecular complexity index is 1410. The molecule has 0 unspecified atom stereocenters. The maximum atomic E-state index is 13.9. The quantitative estimate of drug-likeness (QED) is 0.316. The topological polar surface area (TPSA) is 96.0 Å². The van der Waals surface area contributed by atoms with E-state index in [1.807, 2.05) is 45.0 Å². The largest absolute Gasteiger partial charge is 0.497 e. The molecule has 0 heterocycles. The van der Waals surface area contributed by atoms with Crippen molar-refractivity contribution >= 4 is 39.1 Å². The minimum Gasteiger partial charge on any atom is -0.497 e. The number of carbonyl (C=O) groups excluding carboxylic acids is 2. The van der Waals surface area contributed by atoms with Gasteiger partial charge < -0.3 is 15.0 Å². The lowest BCUT2D eigenvalue weighted by Gasteiger charge is -2.32. The van der Waals surface area contributed by atoms with E-state index < -0.39 is 28.5 Å². The smallest absolute Gasteiger partial charge is 0.264 e. The molecule has 1 N–H and O–H groups in total. The fraction of sp³-hybridized carbons (Fsp3) is 0.333. The van der Waals surface area contributed by atoms with Gasteiger partial charge in [0.15, 0.2) is 0 Å². The van der Waals surface area contributed by atoms with Crippen molar-refractivity contribution in [2.45, 2.75) is 57.6 Å². The molecule has 3 aromatic carbocycles. The second kappa shape index (κ2) is 13.7. The molecule has 0 saturated heterocycles. The number of amides is 2. The third-order valence-electron chi connectivity index (χ3n) is 6.66.